The average Bonchev–Trinajstić information content (AvgIpc) is 3.00. The Morgan fingerprint density at radius 2 is 1.74 bits per heavy atom. The van der Waals surface area contributed by atoms with Gasteiger partial charge in [-0.2, -0.15) is 5.26 Å². The molecular weight excluding hydrogens is 568 g/mol. The zero-order valence-electron chi connectivity index (χ0n) is 23.8. The van der Waals surface area contributed by atoms with Crippen LogP contribution >= 0.6 is 11.6 Å². The normalized spacial score (nSPS) is 13.8. The molecule has 0 fully saturated rings. The number of esters is 1. The highest BCUT2D eigenvalue weighted by Gasteiger charge is 2.32. The lowest BCUT2D eigenvalue weighted by molar-refractivity contribution is -0.136. The maximum absolute atomic E-state index is 12.5. The standard InChI is InChI=1S/C34H29ClN2O6/c1-20-8-10-24(14-21(20)2)40-19-32(38)42-25-11-12-26-30(16-25)43-34(37)27(17-36)33(26)22-9-13-29(31(15-22)39-3)41-18-23-6-4-5-7-28(23)35/h4-16,33H,18-19,37H2,1-3H3. The van der Waals surface area contributed by atoms with E-state index in [0.717, 1.165) is 22.3 Å². The van der Waals surface area contributed by atoms with Crippen LogP contribution in [0.25, 0.3) is 0 Å². The summed E-state index contributed by atoms with van der Waals surface area (Å²) in [4.78, 5) is 12.5. The zero-order valence-corrected chi connectivity index (χ0v) is 24.6. The largest absolute Gasteiger partial charge is 0.493 e. The van der Waals surface area contributed by atoms with Gasteiger partial charge in [0.2, 0.25) is 5.88 Å². The van der Waals surface area contributed by atoms with Gasteiger partial charge in [-0.05, 0) is 66.9 Å². The number of carbonyl (C=O) groups is 1. The number of ether oxygens (including phenoxy) is 5. The molecule has 1 aliphatic rings. The van der Waals surface area contributed by atoms with Gasteiger partial charge in [-0.3, -0.25) is 0 Å². The van der Waals surface area contributed by atoms with Crippen molar-refractivity contribution in [2.45, 2.75) is 26.4 Å². The molecule has 0 saturated heterocycles. The lowest BCUT2D eigenvalue weighted by Gasteiger charge is -2.27. The van der Waals surface area contributed by atoms with Crippen LogP contribution < -0.4 is 29.4 Å². The fourth-order valence-electron chi connectivity index (χ4n) is 4.70. The minimum atomic E-state index is -0.580. The van der Waals surface area contributed by atoms with E-state index in [1.165, 1.54) is 0 Å². The molecule has 5 rings (SSSR count). The lowest BCUT2D eigenvalue weighted by Crippen LogP contribution is -2.22. The minimum Gasteiger partial charge on any atom is -0.493 e. The maximum atomic E-state index is 12.5. The summed E-state index contributed by atoms with van der Waals surface area (Å²) in [5.74, 6) is 0.998. The van der Waals surface area contributed by atoms with Crippen molar-refractivity contribution < 1.29 is 28.5 Å². The molecule has 1 aliphatic heterocycles. The van der Waals surface area contributed by atoms with Crippen molar-refractivity contribution in [2.75, 3.05) is 13.7 Å². The van der Waals surface area contributed by atoms with Crippen LogP contribution in [0.5, 0.6) is 28.7 Å². The van der Waals surface area contributed by atoms with Crippen LogP contribution in [-0.2, 0) is 11.4 Å². The second-order valence-corrected chi connectivity index (χ2v) is 10.3. The van der Waals surface area contributed by atoms with Gasteiger partial charge in [0.15, 0.2) is 18.1 Å². The Labute approximate surface area is 254 Å². The molecule has 4 aromatic rings. The van der Waals surface area contributed by atoms with Gasteiger partial charge < -0.3 is 29.4 Å². The summed E-state index contributed by atoms with van der Waals surface area (Å²) in [6.45, 7) is 3.96. The summed E-state index contributed by atoms with van der Waals surface area (Å²) >= 11 is 6.27. The van der Waals surface area contributed by atoms with E-state index < -0.39 is 11.9 Å². The van der Waals surface area contributed by atoms with Crippen molar-refractivity contribution in [3.05, 3.63) is 123 Å². The number of rotatable bonds is 9. The predicted octanol–water partition coefficient (Wildman–Crippen LogP) is 6.75. The fraction of sp³-hybridized carbons (Fsp3) is 0.176. The first-order chi connectivity index (χ1) is 20.8. The Morgan fingerprint density at radius 1 is 0.953 bits per heavy atom. The number of fused-ring (bicyclic) bond motifs is 1. The van der Waals surface area contributed by atoms with Gasteiger partial charge in [0.05, 0.1) is 13.0 Å². The van der Waals surface area contributed by atoms with Gasteiger partial charge >= 0.3 is 5.97 Å². The third-order valence-corrected chi connectivity index (χ3v) is 7.49. The van der Waals surface area contributed by atoms with Gasteiger partial charge in [0.25, 0.3) is 0 Å². The molecule has 0 saturated carbocycles. The number of methoxy groups -OCH3 is 1. The number of nitrogens with two attached hydrogens (primary N) is 1. The van der Waals surface area contributed by atoms with E-state index in [9.17, 15) is 10.1 Å². The number of benzene rings is 4. The molecule has 0 spiro atoms. The Kier molecular flexibility index (Phi) is 8.74. The second-order valence-electron chi connectivity index (χ2n) is 9.92. The number of hydrogen-bond acceptors (Lipinski definition) is 8. The van der Waals surface area contributed by atoms with Crippen LogP contribution in [0.2, 0.25) is 5.02 Å². The Bertz CT molecular complexity index is 1760. The molecule has 0 bridgehead atoms. The number of nitriles is 1. The summed E-state index contributed by atoms with van der Waals surface area (Å²) in [5.41, 5.74) is 10.9. The van der Waals surface area contributed by atoms with Crippen LogP contribution in [0.3, 0.4) is 0 Å². The quantitative estimate of drug-likeness (QED) is 0.167. The molecule has 9 heteroatoms. The summed E-state index contributed by atoms with van der Waals surface area (Å²) < 4.78 is 28.5. The first-order valence-electron chi connectivity index (χ1n) is 13.4. The fourth-order valence-corrected chi connectivity index (χ4v) is 4.89. The summed E-state index contributed by atoms with van der Waals surface area (Å²) in [6.07, 6.45) is 0. The third kappa shape index (κ3) is 6.53. The average molecular weight is 597 g/mol. The first-order valence-corrected chi connectivity index (χ1v) is 13.8. The van der Waals surface area contributed by atoms with E-state index in [1.807, 2.05) is 50.2 Å². The van der Waals surface area contributed by atoms with E-state index in [-0.39, 0.29) is 30.4 Å². The number of carbonyl (C=O) groups excluding carboxylic acids is 1. The molecule has 218 valence electrons. The van der Waals surface area contributed by atoms with Gasteiger partial charge in [0, 0.05) is 22.2 Å². The van der Waals surface area contributed by atoms with E-state index in [1.54, 1.807) is 49.6 Å². The highest BCUT2D eigenvalue weighted by atomic mass is 35.5. The molecule has 0 aromatic heterocycles. The van der Waals surface area contributed by atoms with E-state index in [2.05, 4.69) is 6.07 Å². The predicted molar refractivity (Wildman–Crippen MR) is 162 cm³/mol. The molecule has 1 unspecified atom stereocenters. The second kappa shape index (κ2) is 12.8. The van der Waals surface area contributed by atoms with Gasteiger partial charge in [-0.25, -0.2) is 4.79 Å². The maximum Gasteiger partial charge on any atom is 0.349 e. The summed E-state index contributed by atoms with van der Waals surface area (Å²) in [6, 6.07) is 25.6. The third-order valence-electron chi connectivity index (χ3n) is 7.12. The van der Waals surface area contributed by atoms with Crippen LogP contribution in [-0.4, -0.2) is 19.7 Å². The van der Waals surface area contributed by atoms with Crippen molar-refractivity contribution in [3.63, 3.8) is 0 Å². The number of aryl methyl sites for hydroxylation is 2. The van der Waals surface area contributed by atoms with E-state index >= 15 is 0 Å². The SMILES string of the molecule is COc1cc(C2C(C#N)=C(N)Oc3cc(OC(=O)COc4ccc(C)c(C)c4)ccc32)ccc1OCc1ccccc1Cl. The lowest BCUT2D eigenvalue weighted by atomic mass is 9.83. The molecule has 0 radical (unpaired) electrons. The van der Waals surface area contributed by atoms with Crippen LogP contribution in [0.1, 0.15) is 33.7 Å². The highest BCUT2D eigenvalue weighted by Crippen LogP contribution is 2.45. The van der Waals surface area contributed by atoms with Crippen molar-refractivity contribution in [2.24, 2.45) is 5.73 Å². The molecule has 43 heavy (non-hydrogen) atoms. The summed E-state index contributed by atoms with van der Waals surface area (Å²) in [7, 11) is 1.54. The van der Waals surface area contributed by atoms with Gasteiger partial charge in [0.1, 0.15) is 35.5 Å². The molecular formula is C34H29ClN2O6. The van der Waals surface area contributed by atoms with Crippen molar-refractivity contribution >= 4 is 17.6 Å². The molecule has 2 N–H and O–H groups in total. The smallest absolute Gasteiger partial charge is 0.349 e. The number of nitrogens with zero attached hydrogens (tertiary/aromatic N) is 1. The molecule has 8 nitrogen and oxygen atoms in total. The van der Waals surface area contributed by atoms with Crippen LogP contribution in [0, 0.1) is 25.2 Å². The monoisotopic (exact) mass is 596 g/mol. The number of hydrogen-bond donors (Lipinski definition) is 1. The number of allylic oxidation sites excluding steroid dienone is 1. The first kappa shape index (κ1) is 29.4. The Balaban J connectivity index is 1.35. The topological polar surface area (TPSA) is 113 Å². The molecule has 0 amide bonds. The van der Waals surface area contributed by atoms with Crippen LogP contribution in [0.4, 0.5) is 0 Å². The van der Waals surface area contributed by atoms with Crippen molar-refractivity contribution in [3.8, 4) is 34.8 Å². The van der Waals surface area contributed by atoms with Crippen molar-refractivity contribution in [1.82, 2.24) is 0 Å². The molecule has 1 atom stereocenters. The van der Waals surface area contributed by atoms with E-state index in [4.69, 9.17) is 41.0 Å². The van der Waals surface area contributed by atoms with Crippen LogP contribution in [0.15, 0.2) is 90.3 Å². The minimum absolute atomic E-state index is 0.0421. The molecule has 1 heterocycles. The molecule has 4 aromatic carbocycles. The highest BCUT2D eigenvalue weighted by molar-refractivity contribution is 6.31. The number of halogens is 1. The van der Waals surface area contributed by atoms with Gasteiger partial charge in [-0.1, -0.05) is 48.0 Å². The summed E-state index contributed by atoms with van der Waals surface area (Å²) in [5, 5.41) is 10.6. The Hall–Kier alpha value is -5.13. The van der Waals surface area contributed by atoms with Gasteiger partial charge in [-0.15, -0.1) is 0 Å². The van der Waals surface area contributed by atoms with Crippen molar-refractivity contribution in [1.29, 1.82) is 5.26 Å². The zero-order chi connectivity index (χ0) is 30.5. The van der Waals surface area contributed by atoms with E-state index in [0.29, 0.717) is 33.6 Å². The Morgan fingerprint density at radius 3 is 2.49 bits per heavy atom. The molecule has 0 aliphatic carbocycles.